The van der Waals surface area contributed by atoms with Gasteiger partial charge in [0.25, 0.3) is 0 Å². The molecule has 4 heteroatoms. The van der Waals surface area contributed by atoms with Gasteiger partial charge in [0.15, 0.2) is 4.77 Å². The van der Waals surface area contributed by atoms with Gasteiger partial charge in [-0.25, -0.2) is 0 Å². The van der Waals surface area contributed by atoms with Crippen LogP contribution in [0.3, 0.4) is 0 Å². The maximum Gasteiger partial charge on any atom is 0.195 e. The average molecular weight is 227 g/mol. The van der Waals surface area contributed by atoms with Gasteiger partial charge in [-0.2, -0.15) is 5.10 Å². The van der Waals surface area contributed by atoms with Gasteiger partial charge in [0.1, 0.15) is 5.82 Å². The lowest BCUT2D eigenvalue weighted by atomic mass is 10.1. The van der Waals surface area contributed by atoms with E-state index in [0.29, 0.717) is 0 Å². The smallest absolute Gasteiger partial charge is 0.195 e. The van der Waals surface area contributed by atoms with Gasteiger partial charge in [-0.05, 0) is 25.6 Å². The van der Waals surface area contributed by atoms with Gasteiger partial charge in [-0.3, -0.25) is 5.10 Å². The lowest BCUT2D eigenvalue weighted by Gasteiger charge is -2.02. The summed E-state index contributed by atoms with van der Waals surface area (Å²) in [6, 6.07) is 0. The quantitative estimate of drug-likeness (QED) is 0.571. The number of unbranched alkanes of at least 4 members (excludes halogenated alkanes) is 4. The van der Waals surface area contributed by atoms with Crippen LogP contribution in [0.25, 0.3) is 0 Å². The fraction of sp³-hybridized carbons (Fsp3) is 0.818. The molecule has 0 amide bonds. The van der Waals surface area contributed by atoms with Crippen molar-refractivity contribution >= 4 is 12.2 Å². The number of hydrogen-bond donors (Lipinski definition) is 1. The lowest BCUT2D eigenvalue weighted by Crippen LogP contribution is -2.01. The highest BCUT2D eigenvalue weighted by Crippen LogP contribution is 2.07. The fourth-order valence-electron chi connectivity index (χ4n) is 1.75. The van der Waals surface area contributed by atoms with Crippen LogP contribution in [0.1, 0.15) is 51.8 Å². The molecule has 1 N–H and O–H groups in total. The molecule has 0 aliphatic rings. The summed E-state index contributed by atoms with van der Waals surface area (Å²) in [5.74, 6) is 1.11. The van der Waals surface area contributed by atoms with Crippen LogP contribution in [-0.4, -0.2) is 14.8 Å². The molecule has 0 radical (unpaired) electrons. The number of nitrogens with one attached hydrogen (secondary N) is 1. The molecule has 0 aliphatic heterocycles. The van der Waals surface area contributed by atoms with Crippen LogP contribution in [0.4, 0.5) is 0 Å². The van der Waals surface area contributed by atoms with Crippen molar-refractivity contribution in [3.8, 4) is 0 Å². The Kier molecular flexibility index (Phi) is 5.61. The SMILES string of the molecule is CCCCCCCc1n[nH]c(=S)n1CC. The molecule has 0 unspecified atom stereocenters. The van der Waals surface area contributed by atoms with Crippen LogP contribution < -0.4 is 0 Å². The Morgan fingerprint density at radius 1 is 1.20 bits per heavy atom. The van der Waals surface area contributed by atoms with Gasteiger partial charge in [-0.15, -0.1) is 0 Å². The van der Waals surface area contributed by atoms with E-state index in [9.17, 15) is 0 Å². The first-order chi connectivity index (χ1) is 7.29. The van der Waals surface area contributed by atoms with Gasteiger partial charge in [-0.1, -0.05) is 32.6 Å². The summed E-state index contributed by atoms with van der Waals surface area (Å²) >= 11 is 5.14. The topological polar surface area (TPSA) is 33.6 Å². The minimum Gasteiger partial charge on any atom is -0.304 e. The van der Waals surface area contributed by atoms with E-state index in [-0.39, 0.29) is 0 Å². The van der Waals surface area contributed by atoms with E-state index in [4.69, 9.17) is 12.2 Å². The number of H-pyrrole nitrogens is 1. The highest BCUT2D eigenvalue weighted by atomic mass is 32.1. The first-order valence-electron chi connectivity index (χ1n) is 5.93. The molecule has 0 fully saturated rings. The van der Waals surface area contributed by atoms with E-state index in [0.717, 1.165) is 23.6 Å². The molecule has 0 bridgehead atoms. The summed E-state index contributed by atoms with van der Waals surface area (Å²) in [7, 11) is 0. The largest absolute Gasteiger partial charge is 0.304 e. The van der Waals surface area contributed by atoms with Crippen LogP contribution in [0.5, 0.6) is 0 Å². The molecule has 0 saturated heterocycles. The van der Waals surface area contributed by atoms with Crippen LogP contribution in [0.2, 0.25) is 0 Å². The monoisotopic (exact) mass is 227 g/mol. The molecule has 3 nitrogen and oxygen atoms in total. The summed E-state index contributed by atoms with van der Waals surface area (Å²) in [5.41, 5.74) is 0. The van der Waals surface area contributed by atoms with E-state index < -0.39 is 0 Å². The third-order valence-electron chi connectivity index (χ3n) is 2.66. The van der Waals surface area contributed by atoms with Gasteiger partial charge in [0, 0.05) is 13.0 Å². The molecule has 0 saturated carbocycles. The Morgan fingerprint density at radius 3 is 2.60 bits per heavy atom. The summed E-state index contributed by atoms with van der Waals surface area (Å²) < 4.78 is 2.83. The Hall–Kier alpha value is -0.640. The second-order valence-electron chi connectivity index (χ2n) is 3.85. The molecular weight excluding hydrogens is 206 g/mol. The molecule has 0 spiro atoms. The maximum atomic E-state index is 5.14. The van der Waals surface area contributed by atoms with Crippen molar-refractivity contribution in [2.75, 3.05) is 0 Å². The van der Waals surface area contributed by atoms with Crippen LogP contribution in [-0.2, 0) is 13.0 Å². The van der Waals surface area contributed by atoms with Crippen LogP contribution >= 0.6 is 12.2 Å². The standard InChI is InChI=1S/C11H21N3S/c1-3-5-6-7-8-9-10-12-13-11(15)14(10)4-2/h3-9H2,1-2H3,(H,13,15). The second-order valence-corrected chi connectivity index (χ2v) is 4.24. The maximum absolute atomic E-state index is 5.14. The Labute approximate surface area is 96.9 Å². The van der Waals surface area contributed by atoms with Crippen LogP contribution in [0, 0.1) is 4.77 Å². The number of rotatable bonds is 7. The number of aromatic amines is 1. The Bertz CT molecular complexity index is 327. The van der Waals surface area contributed by atoms with Crippen molar-refractivity contribution in [3.05, 3.63) is 10.6 Å². The van der Waals surface area contributed by atoms with Gasteiger partial charge >= 0.3 is 0 Å². The predicted molar refractivity (Wildman–Crippen MR) is 65.5 cm³/mol. The highest BCUT2D eigenvalue weighted by molar-refractivity contribution is 7.71. The molecule has 0 aliphatic carbocycles. The number of nitrogens with zero attached hydrogens (tertiary/aromatic N) is 2. The molecule has 1 aromatic heterocycles. The van der Waals surface area contributed by atoms with E-state index in [1.807, 2.05) is 0 Å². The summed E-state index contributed by atoms with van der Waals surface area (Å²) in [6.07, 6.45) is 7.56. The van der Waals surface area contributed by atoms with Crippen molar-refractivity contribution in [1.29, 1.82) is 0 Å². The molecular formula is C11H21N3S. The van der Waals surface area contributed by atoms with Gasteiger partial charge in [0.2, 0.25) is 0 Å². The van der Waals surface area contributed by atoms with Gasteiger partial charge in [0.05, 0.1) is 0 Å². The van der Waals surface area contributed by atoms with Crippen molar-refractivity contribution in [2.24, 2.45) is 0 Å². The van der Waals surface area contributed by atoms with Crippen molar-refractivity contribution in [3.63, 3.8) is 0 Å². The average Bonchev–Trinajstić information content (AvgIpc) is 2.59. The van der Waals surface area contributed by atoms with Crippen molar-refractivity contribution < 1.29 is 0 Å². The summed E-state index contributed by atoms with van der Waals surface area (Å²) in [5, 5.41) is 7.11. The first kappa shape index (κ1) is 12.4. The molecule has 0 aromatic carbocycles. The van der Waals surface area contributed by atoms with Crippen molar-refractivity contribution in [2.45, 2.75) is 58.9 Å². The lowest BCUT2D eigenvalue weighted by molar-refractivity contribution is 0.601. The molecule has 0 atom stereocenters. The molecule has 86 valence electrons. The highest BCUT2D eigenvalue weighted by Gasteiger charge is 2.03. The summed E-state index contributed by atoms with van der Waals surface area (Å²) in [4.78, 5) is 0. The van der Waals surface area contributed by atoms with E-state index in [1.54, 1.807) is 0 Å². The molecule has 15 heavy (non-hydrogen) atoms. The molecule has 1 heterocycles. The first-order valence-corrected chi connectivity index (χ1v) is 6.34. The fourth-order valence-corrected chi connectivity index (χ4v) is 2.03. The Morgan fingerprint density at radius 2 is 1.93 bits per heavy atom. The number of aryl methyl sites for hydroxylation is 1. The molecule has 1 rings (SSSR count). The molecule has 1 aromatic rings. The second kappa shape index (κ2) is 6.77. The van der Waals surface area contributed by atoms with E-state index in [1.165, 1.54) is 32.1 Å². The number of aromatic nitrogens is 3. The predicted octanol–water partition coefficient (Wildman–Crippen LogP) is 3.47. The zero-order valence-corrected chi connectivity index (χ0v) is 10.6. The van der Waals surface area contributed by atoms with Crippen LogP contribution in [0.15, 0.2) is 0 Å². The zero-order chi connectivity index (χ0) is 11.1. The van der Waals surface area contributed by atoms with E-state index in [2.05, 4.69) is 28.6 Å². The van der Waals surface area contributed by atoms with Crippen molar-refractivity contribution in [1.82, 2.24) is 14.8 Å². The normalized spacial score (nSPS) is 10.8. The minimum absolute atomic E-state index is 0.751. The number of hydrogen-bond acceptors (Lipinski definition) is 2. The van der Waals surface area contributed by atoms with E-state index >= 15 is 0 Å². The zero-order valence-electron chi connectivity index (χ0n) is 9.75. The van der Waals surface area contributed by atoms with Gasteiger partial charge < -0.3 is 4.57 Å². The minimum atomic E-state index is 0.751. The summed E-state index contributed by atoms with van der Waals surface area (Å²) in [6.45, 7) is 5.26. The Balaban J connectivity index is 2.34. The third-order valence-corrected chi connectivity index (χ3v) is 2.97. The third kappa shape index (κ3) is 3.78.